The Labute approximate surface area is 89.2 Å². The molecule has 7 heteroatoms. The van der Waals surface area contributed by atoms with E-state index in [1.807, 2.05) is 0 Å². The number of esters is 1. The summed E-state index contributed by atoms with van der Waals surface area (Å²) in [7, 11) is 0. The van der Waals surface area contributed by atoms with Crippen LogP contribution in [0.1, 0.15) is 29.5 Å². The fourth-order valence-electron chi connectivity index (χ4n) is 1.02. The first kappa shape index (κ1) is 12.3. The number of rotatable bonds is 3. The summed E-state index contributed by atoms with van der Waals surface area (Å²) in [5.74, 6) is -2.09. The van der Waals surface area contributed by atoms with E-state index in [0.29, 0.717) is 6.07 Å². The molecule has 0 aliphatic rings. The van der Waals surface area contributed by atoms with Crippen molar-refractivity contribution in [1.29, 1.82) is 0 Å². The van der Waals surface area contributed by atoms with Crippen LogP contribution < -0.4 is 5.73 Å². The molecule has 0 atom stereocenters. The van der Waals surface area contributed by atoms with Gasteiger partial charge in [-0.25, -0.2) is 22.9 Å². The SMILES string of the molecule is CCOC(=O)c1cc(F)c(N)c(C(F)F)n1. The number of carbonyl (C=O) groups is 1. The third kappa shape index (κ3) is 2.41. The topological polar surface area (TPSA) is 65.2 Å². The Kier molecular flexibility index (Phi) is 3.70. The predicted octanol–water partition coefficient (Wildman–Crippen LogP) is 1.92. The van der Waals surface area contributed by atoms with E-state index in [1.165, 1.54) is 6.92 Å². The zero-order chi connectivity index (χ0) is 12.3. The van der Waals surface area contributed by atoms with Gasteiger partial charge in [0.2, 0.25) is 0 Å². The molecule has 0 saturated carbocycles. The molecule has 0 fully saturated rings. The van der Waals surface area contributed by atoms with Gasteiger partial charge in [-0.05, 0) is 6.92 Å². The Bertz CT molecular complexity index is 410. The number of nitrogens with zero attached hydrogens (tertiary/aromatic N) is 1. The number of nitrogen functional groups attached to an aromatic ring is 1. The molecule has 0 bridgehead atoms. The van der Waals surface area contributed by atoms with Crippen LogP contribution in [0.25, 0.3) is 0 Å². The summed E-state index contributed by atoms with van der Waals surface area (Å²) in [5, 5.41) is 0. The van der Waals surface area contributed by atoms with Crippen LogP contribution in [0.4, 0.5) is 18.9 Å². The zero-order valence-corrected chi connectivity index (χ0v) is 8.34. The van der Waals surface area contributed by atoms with Crippen molar-refractivity contribution >= 4 is 11.7 Å². The third-order valence-corrected chi connectivity index (χ3v) is 1.73. The Balaban J connectivity index is 3.18. The van der Waals surface area contributed by atoms with Gasteiger partial charge in [0.25, 0.3) is 6.43 Å². The second-order valence-electron chi connectivity index (χ2n) is 2.81. The first-order chi connectivity index (χ1) is 7.47. The van der Waals surface area contributed by atoms with Crippen molar-refractivity contribution in [3.8, 4) is 0 Å². The molecule has 0 aliphatic heterocycles. The molecule has 0 unspecified atom stereocenters. The van der Waals surface area contributed by atoms with E-state index < -0.39 is 35.3 Å². The number of nitrogens with two attached hydrogens (primary N) is 1. The van der Waals surface area contributed by atoms with Crippen molar-refractivity contribution in [2.24, 2.45) is 0 Å². The number of hydrogen-bond acceptors (Lipinski definition) is 4. The van der Waals surface area contributed by atoms with E-state index in [0.717, 1.165) is 0 Å². The molecule has 1 aromatic heterocycles. The van der Waals surface area contributed by atoms with Gasteiger partial charge in [0.05, 0.1) is 12.3 Å². The smallest absolute Gasteiger partial charge is 0.357 e. The van der Waals surface area contributed by atoms with Gasteiger partial charge in [0.15, 0.2) is 11.5 Å². The lowest BCUT2D eigenvalue weighted by Gasteiger charge is -2.07. The second-order valence-corrected chi connectivity index (χ2v) is 2.81. The third-order valence-electron chi connectivity index (χ3n) is 1.73. The predicted molar refractivity (Wildman–Crippen MR) is 49.5 cm³/mol. The van der Waals surface area contributed by atoms with Gasteiger partial charge in [-0.2, -0.15) is 0 Å². The standard InChI is InChI=1S/C9H9F3N2O2/c1-2-16-9(15)5-3-4(10)6(13)7(14-5)8(11)12/h3,8H,2,13H2,1H3. The molecule has 4 nitrogen and oxygen atoms in total. The maximum atomic E-state index is 13.1. The number of anilines is 1. The summed E-state index contributed by atoms with van der Waals surface area (Å²) >= 11 is 0. The Morgan fingerprint density at radius 1 is 1.62 bits per heavy atom. The van der Waals surface area contributed by atoms with Gasteiger partial charge in [-0.3, -0.25) is 0 Å². The molecule has 0 amide bonds. The molecule has 2 N–H and O–H groups in total. The number of halogens is 3. The Morgan fingerprint density at radius 2 is 2.25 bits per heavy atom. The Morgan fingerprint density at radius 3 is 2.75 bits per heavy atom. The number of carbonyl (C=O) groups excluding carboxylic acids is 1. The van der Waals surface area contributed by atoms with Crippen molar-refractivity contribution < 1.29 is 22.7 Å². The maximum absolute atomic E-state index is 13.1. The largest absolute Gasteiger partial charge is 0.461 e. The second kappa shape index (κ2) is 4.82. The number of alkyl halides is 2. The molecule has 88 valence electrons. The highest BCUT2D eigenvalue weighted by Gasteiger charge is 2.21. The van der Waals surface area contributed by atoms with Crippen molar-refractivity contribution in [2.75, 3.05) is 12.3 Å². The first-order valence-corrected chi connectivity index (χ1v) is 4.38. The van der Waals surface area contributed by atoms with Crippen LogP contribution in [-0.4, -0.2) is 17.6 Å². The van der Waals surface area contributed by atoms with E-state index in [9.17, 15) is 18.0 Å². The minimum atomic E-state index is -3.05. The lowest BCUT2D eigenvalue weighted by atomic mass is 10.2. The quantitative estimate of drug-likeness (QED) is 0.811. The maximum Gasteiger partial charge on any atom is 0.357 e. The molecular weight excluding hydrogens is 225 g/mol. The molecule has 0 aromatic carbocycles. The van der Waals surface area contributed by atoms with Gasteiger partial charge in [0, 0.05) is 6.07 Å². The molecule has 0 radical (unpaired) electrons. The summed E-state index contributed by atoms with van der Waals surface area (Å²) in [6.45, 7) is 1.57. The Hall–Kier alpha value is -1.79. The van der Waals surface area contributed by atoms with Crippen LogP contribution in [0.3, 0.4) is 0 Å². The van der Waals surface area contributed by atoms with Crippen LogP contribution in [-0.2, 0) is 4.74 Å². The van der Waals surface area contributed by atoms with Gasteiger partial charge in [-0.15, -0.1) is 0 Å². The van der Waals surface area contributed by atoms with Gasteiger partial charge < -0.3 is 10.5 Å². The van der Waals surface area contributed by atoms with Crippen LogP contribution in [0.2, 0.25) is 0 Å². The highest BCUT2D eigenvalue weighted by Crippen LogP contribution is 2.25. The van der Waals surface area contributed by atoms with Crippen molar-refractivity contribution in [3.05, 3.63) is 23.3 Å². The number of ether oxygens (including phenoxy) is 1. The lowest BCUT2D eigenvalue weighted by molar-refractivity contribution is 0.0517. The average Bonchev–Trinajstić information content (AvgIpc) is 2.21. The lowest BCUT2D eigenvalue weighted by Crippen LogP contribution is -2.12. The van der Waals surface area contributed by atoms with Crippen LogP contribution in [0.5, 0.6) is 0 Å². The van der Waals surface area contributed by atoms with Crippen LogP contribution in [0.15, 0.2) is 6.07 Å². The molecule has 0 spiro atoms. The summed E-state index contributed by atoms with van der Waals surface area (Å²) in [4.78, 5) is 14.4. The molecule has 0 aliphatic carbocycles. The normalized spacial score (nSPS) is 10.6. The fraction of sp³-hybridized carbons (Fsp3) is 0.333. The molecular formula is C9H9F3N2O2. The van der Waals surface area contributed by atoms with E-state index in [1.54, 1.807) is 0 Å². The first-order valence-electron chi connectivity index (χ1n) is 4.38. The summed E-state index contributed by atoms with van der Waals surface area (Å²) in [6.07, 6.45) is -3.05. The molecule has 1 aromatic rings. The summed E-state index contributed by atoms with van der Waals surface area (Å²) in [5.41, 5.74) is 2.82. The van der Waals surface area contributed by atoms with Crippen LogP contribution >= 0.6 is 0 Å². The number of hydrogen-bond donors (Lipinski definition) is 1. The van der Waals surface area contributed by atoms with Gasteiger partial charge in [0.1, 0.15) is 5.69 Å². The van der Waals surface area contributed by atoms with Gasteiger partial charge >= 0.3 is 5.97 Å². The molecule has 16 heavy (non-hydrogen) atoms. The van der Waals surface area contributed by atoms with Crippen molar-refractivity contribution in [2.45, 2.75) is 13.3 Å². The van der Waals surface area contributed by atoms with E-state index in [-0.39, 0.29) is 6.61 Å². The van der Waals surface area contributed by atoms with E-state index >= 15 is 0 Å². The van der Waals surface area contributed by atoms with Crippen molar-refractivity contribution in [3.63, 3.8) is 0 Å². The average molecular weight is 234 g/mol. The monoisotopic (exact) mass is 234 g/mol. The summed E-state index contributed by atoms with van der Waals surface area (Å²) in [6, 6.07) is 0.666. The molecule has 1 heterocycles. The minimum absolute atomic E-state index is 0.0382. The highest BCUT2D eigenvalue weighted by molar-refractivity contribution is 5.87. The minimum Gasteiger partial charge on any atom is -0.461 e. The zero-order valence-electron chi connectivity index (χ0n) is 8.34. The van der Waals surface area contributed by atoms with Crippen molar-refractivity contribution in [1.82, 2.24) is 4.98 Å². The summed E-state index contributed by atoms with van der Waals surface area (Å²) < 4.78 is 42.3. The van der Waals surface area contributed by atoms with Crippen LogP contribution in [0, 0.1) is 5.82 Å². The number of pyridine rings is 1. The molecule has 1 rings (SSSR count). The molecule has 0 saturated heterocycles. The number of aromatic nitrogens is 1. The van der Waals surface area contributed by atoms with Gasteiger partial charge in [-0.1, -0.05) is 0 Å². The highest BCUT2D eigenvalue weighted by atomic mass is 19.3. The van der Waals surface area contributed by atoms with E-state index in [4.69, 9.17) is 5.73 Å². The van der Waals surface area contributed by atoms with E-state index in [2.05, 4.69) is 9.72 Å². The fourth-order valence-corrected chi connectivity index (χ4v) is 1.02.